The van der Waals surface area contributed by atoms with Crippen LogP contribution in [0.15, 0.2) is 22.8 Å². The highest BCUT2D eigenvalue weighted by atomic mass is 16.3. The van der Waals surface area contributed by atoms with Crippen LogP contribution in [-0.2, 0) is 11.2 Å². The number of nitrogens with zero attached hydrogens (tertiary/aromatic N) is 1. The Labute approximate surface area is 125 Å². The Morgan fingerprint density at radius 2 is 2.14 bits per heavy atom. The Hall–Kier alpha value is -1.81. The van der Waals surface area contributed by atoms with Crippen LogP contribution in [0.5, 0.6) is 0 Å². The van der Waals surface area contributed by atoms with Gasteiger partial charge in [-0.15, -0.1) is 0 Å². The molecule has 1 saturated heterocycles. The van der Waals surface area contributed by atoms with E-state index in [1.807, 2.05) is 11.0 Å². The third-order valence-corrected chi connectivity index (χ3v) is 4.43. The molecule has 1 amide bonds. The molecule has 1 aromatic heterocycles. The molecule has 4 nitrogen and oxygen atoms in total. The highest BCUT2D eigenvalue weighted by Crippen LogP contribution is 2.25. The van der Waals surface area contributed by atoms with Gasteiger partial charge in [0, 0.05) is 36.6 Å². The summed E-state index contributed by atoms with van der Waals surface area (Å²) in [5, 5.41) is 4.37. The monoisotopic (exact) mass is 286 g/mol. The van der Waals surface area contributed by atoms with E-state index in [1.54, 1.807) is 6.26 Å². The number of hydrogen-bond acceptors (Lipinski definition) is 3. The maximum absolute atomic E-state index is 12.5. The van der Waals surface area contributed by atoms with Gasteiger partial charge in [-0.2, -0.15) is 0 Å². The van der Waals surface area contributed by atoms with Gasteiger partial charge in [0.15, 0.2) is 0 Å². The Kier molecular flexibility index (Phi) is 3.72. The SMILES string of the molecule is Cc1cc2occ(CC(=O)N3CCNC[C@@H]3C)c2cc1C. The molecule has 4 heteroatoms. The summed E-state index contributed by atoms with van der Waals surface area (Å²) in [4.78, 5) is 14.5. The van der Waals surface area contributed by atoms with Crippen LogP contribution < -0.4 is 5.32 Å². The number of carbonyl (C=O) groups excluding carboxylic acids is 1. The van der Waals surface area contributed by atoms with E-state index in [0.29, 0.717) is 6.42 Å². The molecule has 1 N–H and O–H groups in total. The molecule has 0 radical (unpaired) electrons. The highest BCUT2D eigenvalue weighted by Gasteiger charge is 2.24. The van der Waals surface area contributed by atoms with Crippen molar-refractivity contribution in [2.45, 2.75) is 33.2 Å². The number of furan rings is 1. The Balaban J connectivity index is 1.84. The second-order valence-corrected chi connectivity index (χ2v) is 6.01. The van der Waals surface area contributed by atoms with Gasteiger partial charge in [0.1, 0.15) is 5.58 Å². The number of hydrogen-bond donors (Lipinski definition) is 1. The predicted octanol–water partition coefficient (Wildman–Crippen LogP) is 2.41. The highest BCUT2D eigenvalue weighted by molar-refractivity contribution is 5.88. The van der Waals surface area contributed by atoms with E-state index in [-0.39, 0.29) is 11.9 Å². The number of piperazine rings is 1. The van der Waals surface area contributed by atoms with E-state index in [1.165, 1.54) is 11.1 Å². The number of amides is 1. The van der Waals surface area contributed by atoms with E-state index >= 15 is 0 Å². The Bertz CT molecular complexity index is 675. The van der Waals surface area contributed by atoms with Gasteiger partial charge in [-0.25, -0.2) is 0 Å². The first kappa shape index (κ1) is 14.1. The van der Waals surface area contributed by atoms with Crippen LogP contribution in [0.4, 0.5) is 0 Å². The van der Waals surface area contributed by atoms with Crippen molar-refractivity contribution in [1.29, 1.82) is 0 Å². The zero-order valence-corrected chi connectivity index (χ0v) is 12.9. The number of nitrogens with one attached hydrogen (secondary N) is 1. The predicted molar refractivity (Wildman–Crippen MR) is 83.4 cm³/mol. The fraction of sp³-hybridized carbons (Fsp3) is 0.471. The third kappa shape index (κ3) is 2.68. The molecule has 1 atom stereocenters. The average Bonchev–Trinajstić information content (AvgIpc) is 2.82. The van der Waals surface area contributed by atoms with Gasteiger partial charge < -0.3 is 14.6 Å². The lowest BCUT2D eigenvalue weighted by Crippen LogP contribution is -2.52. The summed E-state index contributed by atoms with van der Waals surface area (Å²) in [6.45, 7) is 8.78. The second kappa shape index (κ2) is 5.53. The Morgan fingerprint density at radius 1 is 1.38 bits per heavy atom. The summed E-state index contributed by atoms with van der Waals surface area (Å²) in [5.74, 6) is 0.185. The van der Waals surface area contributed by atoms with Crippen LogP contribution in [0, 0.1) is 13.8 Å². The quantitative estimate of drug-likeness (QED) is 0.922. The van der Waals surface area contributed by atoms with Crippen molar-refractivity contribution in [3.05, 3.63) is 35.1 Å². The molecule has 21 heavy (non-hydrogen) atoms. The van der Waals surface area contributed by atoms with Gasteiger partial charge >= 0.3 is 0 Å². The zero-order valence-electron chi connectivity index (χ0n) is 12.9. The van der Waals surface area contributed by atoms with Crippen molar-refractivity contribution in [3.63, 3.8) is 0 Å². The maximum Gasteiger partial charge on any atom is 0.227 e. The summed E-state index contributed by atoms with van der Waals surface area (Å²) in [7, 11) is 0. The molecule has 0 aliphatic carbocycles. The number of rotatable bonds is 2. The van der Waals surface area contributed by atoms with Gasteiger partial charge in [-0.05, 0) is 44.0 Å². The lowest BCUT2D eigenvalue weighted by Gasteiger charge is -2.34. The van der Waals surface area contributed by atoms with Gasteiger partial charge in [0.2, 0.25) is 5.91 Å². The van der Waals surface area contributed by atoms with Gasteiger partial charge in [-0.1, -0.05) is 0 Å². The maximum atomic E-state index is 12.5. The van der Waals surface area contributed by atoms with Crippen molar-refractivity contribution in [2.75, 3.05) is 19.6 Å². The van der Waals surface area contributed by atoms with Crippen LogP contribution >= 0.6 is 0 Å². The van der Waals surface area contributed by atoms with E-state index < -0.39 is 0 Å². The molecule has 2 heterocycles. The van der Waals surface area contributed by atoms with Gasteiger partial charge in [0.05, 0.1) is 12.7 Å². The summed E-state index contributed by atoms with van der Waals surface area (Å²) in [6, 6.07) is 4.43. The van der Waals surface area contributed by atoms with E-state index in [0.717, 1.165) is 36.2 Å². The fourth-order valence-electron chi connectivity index (χ4n) is 2.95. The minimum Gasteiger partial charge on any atom is -0.464 e. The number of benzene rings is 1. The normalized spacial score (nSPS) is 19.2. The summed E-state index contributed by atoms with van der Waals surface area (Å²) in [6.07, 6.45) is 2.15. The van der Waals surface area contributed by atoms with E-state index in [9.17, 15) is 4.79 Å². The number of carbonyl (C=O) groups is 1. The van der Waals surface area contributed by atoms with Crippen molar-refractivity contribution < 1.29 is 9.21 Å². The zero-order chi connectivity index (χ0) is 15.0. The van der Waals surface area contributed by atoms with Gasteiger partial charge in [-0.3, -0.25) is 4.79 Å². The first-order valence-corrected chi connectivity index (χ1v) is 7.54. The molecule has 0 saturated carbocycles. The molecule has 1 aliphatic rings. The fourth-order valence-corrected chi connectivity index (χ4v) is 2.95. The van der Waals surface area contributed by atoms with Crippen LogP contribution in [0.25, 0.3) is 11.0 Å². The largest absolute Gasteiger partial charge is 0.464 e. The van der Waals surface area contributed by atoms with Crippen molar-refractivity contribution in [3.8, 4) is 0 Å². The minimum absolute atomic E-state index is 0.185. The van der Waals surface area contributed by atoms with Crippen LogP contribution in [0.2, 0.25) is 0 Å². The van der Waals surface area contributed by atoms with Crippen molar-refractivity contribution in [1.82, 2.24) is 10.2 Å². The molecule has 3 rings (SSSR count). The van der Waals surface area contributed by atoms with Crippen LogP contribution in [0.1, 0.15) is 23.6 Å². The third-order valence-electron chi connectivity index (χ3n) is 4.43. The topological polar surface area (TPSA) is 45.5 Å². The lowest BCUT2D eigenvalue weighted by molar-refractivity contribution is -0.133. The summed E-state index contributed by atoms with van der Waals surface area (Å²) >= 11 is 0. The molecular formula is C17H22N2O2. The first-order chi connectivity index (χ1) is 10.1. The Morgan fingerprint density at radius 3 is 2.90 bits per heavy atom. The van der Waals surface area contributed by atoms with Crippen LogP contribution in [0.3, 0.4) is 0 Å². The lowest BCUT2D eigenvalue weighted by atomic mass is 10.0. The molecule has 112 valence electrons. The molecular weight excluding hydrogens is 264 g/mol. The second-order valence-electron chi connectivity index (χ2n) is 6.01. The smallest absolute Gasteiger partial charge is 0.227 e. The molecule has 2 aromatic rings. The van der Waals surface area contributed by atoms with E-state index in [2.05, 4.69) is 32.2 Å². The standard InChI is InChI=1S/C17H22N2O2/c1-11-6-15-14(10-21-16(15)7-12(11)2)8-17(20)19-5-4-18-9-13(19)3/h6-7,10,13,18H,4-5,8-9H2,1-3H3/t13-/m0/s1. The molecule has 1 fully saturated rings. The van der Waals surface area contributed by atoms with Gasteiger partial charge in [0.25, 0.3) is 0 Å². The molecule has 1 aliphatic heterocycles. The summed E-state index contributed by atoms with van der Waals surface area (Å²) < 4.78 is 5.62. The van der Waals surface area contributed by atoms with E-state index in [4.69, 9.17) is 4.42 Å². The van der Waals surface area contributed by atoms with Crippen molar-refractivity contribution in [2.24, 2.45) is 0 Å². The molecule has 0 bridgehead atoms. The molecule has 1 aromatic carbocycles. The molecule has 0 unspecified atom stereocenters. The summed E-state index contributed by atoms with van der Waals surface area (Å²) in [5.41, 5.74) is 4.30. The van der Waals surface area contributed by atoms with Crippen LogP contribution in [-0.4, -0.2) is 36.5 Å². The van der Waals surface area contributed by atoms with Crippen molar-refractivity contribution >= 4 is 16.9 Å². The first-order valence-electron chi connectivity index (χ1n) is 7.54. The average molecular weight is 286 g/mol. The number of fused-ring (bicyclic) bond motifs is 1. The molecule has 0 spiro atoms. The minimum atomic E-state index is 0.185. The number of aryl methyl sites for hydroxylation is 2.